The number of amides is 1. The number of nitrogens with zero attached hydrogens (tertiary/aromatic N) is 3. The van der Waals surface area contributed by atoms with E-state index in [9.17, 15) is 4.79 Å². The van der Waals surface area contributed by atoms with Gasteiger partial charge in [0.25, 0.3) is 0 Å². The van der Waals surface area contributed by atoms with Gasteiger partial charge in [-0.1, -0.05) is 30.3 Å². The predicted octanol–water partition coefficient (Wildman–Crippen LogP) is 3.18. The molecule has 2 aliphatic rings. The van der Waals surface area contributed by atoms with E-state index in [0.29, 0.717) is 12.6 Å². The summed E-state index contributed by atoms with van der Waals surface area (Å²) in [5.74, 6) is 1.13. The van der Waals surface area contributed by atoms with E-state index in [4.69, 9.17) is 4.74 Å². The van der Waals surface area contributed by atoms with Crippen molar-refractivity contribution >= 4 is 11.6 Å². The topological polar surface area (TPSA) is 36.0 Å². The second-order valence-corrected chi connectivity index (χ2v) is 7.61. The maximum Gasteiger partial charge on any atom is 0.236 e. The summed E-state index contributed by atoms with van der Waals surface area (Å²) in [5, 5.41) is 0. The zero-order chi connectivity index (χ0) is 19.3. The van der Waals surface area contributed by atoms with E-state index in [1.54, 1.807) is 7.11 Å². The number of hydrogen-bond donors (Lipinski definition) is 0. The quantitative estimate of drug-likeness (QED) is 0.799. The molecule has 0 saturated carbocycles. The highest BCUT2D eigenvalue weighted by molar-refractivity contribution is 5.78. The fraction of sp³-hybridized carbons (Fsp3) is 0.435. The lowest BCUT2D eigenvalue weighted by atomic mass is 10.0. The first-order chi connectivity index (χ1) is 13.7. The molecule has 0 aliphatic carbocycles. The maximum absolute atomic E-state index is 12.9. The molecule has 2 fully saturated rings. The minimum Gasteiger partial charge on any atom is -0.497 e. The molecule has 5 nitrogen and oxygen atoms in total. The van der Waals surface area contributed by atoms with Gasteiger partial charge in [0.1, 0.15) is 5.75 Å². The molecule has 148 valence electrons. The van der Waals surface area contributed by atoms with E-state index < -0.39 is 0 Å². The number of carbonyl (C=O) groups is 1. The van der Waals surface area contributed by atoms with Crippen LogP contribution in [0.4, 0.5) is 5.69 Å². The molecular formula is C23H29N3O2. The molecule has 2 aromatic carbocycles. The van der Waals surface area contributed by atoms with Crippen LogP contribution >= 0.6 is 0 Å². The smallest absolute Gasteiger partial charge is 0.236 e. The Hall–Kier alpha value is -2.53. The minimum atomic E-state index is 0.261. The normalized spacial score (nSPS) is 20.4. The number of hydrogen-bond acceptors (Lipinski definition) is 4. The summed E-state index contributed by atoms with van der Waals surface area (Å²) in [4.78, 5) is 19.6. The van der Waals surface area contributed by atoms with Gasteiger partial charge in [0.2, 0.25) is 5.91 Å². The number of benzene rings is 2. The van der Waals surface area contributed by atoms with Gasteiger partial charge in [-0.3, -0.25) is 9.69 Å². The Kier molecular flexibility index (Phi) is 5.81. The third-order valence-corrected chi connectivity index (χ3v) is 5.96. The zero-order valence-corrected chi connectivity index (χ0v) is 16.6. The van der Waals surface area contributed by atoms with Gasteiger partial charge in [-0.15, -0.1) is 0 Å². The average Bonchev–Trinajstić information content (AvgIpc) is 3.22. The van der Waals surface area contributed by atoms with Gasteiger partial charge in [-0.25, -0.2) is 0 Å². The van der Waals surface area contributed by atoms with Crippen LogP contribution in [0.15, 0.2) is 54.6 Å². The molecule has 4 rings (SSSR count). The van der Waals surface area contributed by atoms with Crippen LogP contribution in [-0.4, -0.2) is 62.1 Å². The first-order valence-electron chi connectivity index (χ1n) is 10.2. The van der Waals surface area contributed by atoms with Gasteiger partial charge in [0, 0.05) is 37.9 Å². The lowest BCUT2D eigenvalue weighted by molar-refractivity contribution is -0.133. The standard InChI is InChI=1S/C23H29N3O2/c1-28-21-11-9-20(10-12-21)24-14-16-25(17-15-24)23(27)18-26-13-5-8-22(26)19-6-3-2-4-7-19/h2-4,6-7,9-12,22H,5,8,13-18H2,1H3/t22-/m1/s1. The number of piperazine rings is 1. The minimum absolute atomic E-state index is 0.261. The van der Waals surface area contributed by atoms with Crippen LogP contribution in [0.1, 0.15) is 24.4 Å². The molecule has 1 amide bonds. The average molecular weight is 380 g/mol. The SMILES string of the molecule is COc1ccc(N2CCN(C(=O)CN3CCC[C@@H]3c3ccccc3)CC2)cc1. The van der Waals surface area contributed by atoms with Crippen molar-refractivity contribution < 1.29 is 9.53 Å². The van der Waals surface area contributed by atoms with Crippen LogP contribution in [0.3, 0.4) is 0 Å². The summed E-state index contributed by atoms with van der Waals surface area (Å²) in [6.07, 6.45) is 2.31. The summed E-state index contributed by atoms with van der Waals surface area (Å²) in [5.41, 5.74) is 2.52. The van der Waals surface area contributed by atoms with Crippen molar-refractivity contribution in [2.45, 2.75) is 18.9 Å². The Labute approximate surface area is 167 Å². The number of likely N-dealkylation sites (tertiary alicyclic amines) is 1. The van der Waals surface area contributed by atoms with Crippen molar-refractivity contribution in [2.75, 3.05) is 51.3 Å². The van der Waals surface area contributed by atoms with Crippen LogP contribution < -0.4 is 9.64 Å². The first kappa shape index (κ1) is 18.8. The second-order valence-electron chi connectivity index (χ2n) is 7.61. The van der Waals surface area contributed by atoms with E-state index in [1.807, 2.05) is 17.0 Å². The number of ether oxygens (including phenoxy) is 1. The van der Waals surface area contributed by atoms with Crippen molar-refractivity contribution in [1.29, 1.82) is 0 Å². The Bertz CT molecular complexity index is 770. The molecule has 2 saturated heterocycles. The molecule has 1 atom stereocenters. The molecule has 5 heteroatoms. The fourth-order valence-electron chi connectivity index (χ4n) is 4.35. The Balaban J connectivity index is 1.31. The van der Waals surface area contributed by atoms with E-state index in [0.717, 1.165) is 51.3 Å². The molecule has 28 heavy (non-hydrogen) atoms. The molecule has 0 N–H and O–H groups in total. The summed E-state index contributed by atoms with van der Waals surface area (Å²) in [6, 6.07) is 19.1. The molecule has 0 aromatic heterocycles. The van der Waals surface area contributed by atoms with E-state index in [1.165, 1.54) is 11.3 Å². The van der Waals surface area contributed by atoms with Crippen molar-refractivity contribution in [3.05, 3.63) is 60.2 Å². The van der Waals surface area contributed by atoms with Crippen molar-refractivity contribution in [3.63, 3.8) is 0 Å². The largest absolute Gasteiger partial charge is 0.497 e. The van der Waals surface area contributed by atoms with Gasteiger partial charge in [0.05, 0.1) is 13.7 Å². The number of carbonyl (C=O) groups excluding carboxylic acids is 1. The Morgan fingerprint density at radius 2 is 1.68 bits per heavy atom. The molecule has 2 aliphatic heterocycles. The third kappa shape index (κ3) is 4.14. The monoisotopic (exact) mass is 379 g/mol. The van der Waals surface area contributed by atoms with Crippen LogP contribution in [0.25, 0.3) is 0 Å². The lowest BCUT2D eigenvalue weighted by Gasteiger charge is -2.37. The van der Waals surface area contributed by atoms with Gasteiger partial charge in [-0.2, -0.15) is 0 Å². The first-order valence-corrected chi connectivity index (χ1v) is 10.2. The molecule has 0 unspecified atom stereocenters. The molecule has 0 bridgehead atoms. The number of methoxy groups -OCH3 is 1. The highest BCUT2D eigenvalue weighted by Gasteiger charge is 2.30. The highest BCUT2D eigenvalue weighted by atomic mass is 16.5. The lowest BCUT2D eigenvalue weighted by Crippen LogP contribution is -2.51. The third-order valence-electron chi connectivity index (χ3n) is 5.96. The van der Waals surface area contributed by atoms with Crippen molar-refractivity contribution in [2.24, 2.45) is 0 Å². The maximum atomic E-state index is 12.9. The molecular weight excluding hydrogens is 350 g/mol. The van der Waals surface area contributed by atoms with Gasteiger partial charge in [0.15, 0.2) is 0 Å². The molecule has 0 spiro atoms. The Morgan fingerprint density at radius 3 is 2.36 bits per heavy atom. The van der Waals surface area contributed by atoms with Crippen LogP contribution in [0, 0.1) is 0 Å². The predicted molar refractivity (Wildman–Crippen MR) is 112 cm³/mol. The molecule has 2 heterocycles. The second kappa shape index (κ2) is 8.65. The zero-order valence-electron chi connectivity index (χ0n) is 16.6. The fourth-order valence-corrected chi connectivity index (χ4v) is 4.35. The summed E-state index contributed by atoms with van der Waals surface area (Å²) < 4.78 is 5.23. The van der Waals surface area contributed by atoms with E-state index in [2.05, 4.69) is 52.3 Å². The van der Waals surface area contributed by atoms with E-state index >= 15 is 0 Å². The summed E-state index contributed by atoms with van der Waals surface area (Å²) in [7, 11) is 1.68. The molecule has 2 aromatic rings. The van der Waals surface area contributed by atoms with Crippen molar-refractivity contribution in [3.8, 4) is 5.75 Å². The summed E-state index contributed by atoms with van der Waals surface area (Å²) >= 11 is 0. The number of rotatable bonds is 5. The number of anilines is 1. The summed E-state index contributed by atoms with van der Waals surface area (Å²) in [6.45, 7) is 4.86. The van der Waals surface area contributed by atoms with Crippen LogP contribution in [0.2, 0.25) is 0 Å². The Morgan fingerprint density at radius 1 is 0.964 bits per heavy atom. The van der Waals surface area contributed by atoms with Gasteiger partial charge >= 0.3 is 0 Å². The highest BCUT2D eigenvalue weighted by Crippen LogP contribution is 2.31. The van der Waals surface area contributed by atoms with E-state index in [-0.39, 0.29) is 5.91 Å². The van der Waals surface area contributed by atoms with Crippen LogP contribution in [-0.2, 0) is 4.79 Å². The van der Waals surface area contributed by atoms with Gasteiger partial charge < -0.3 is 14.5 Å². The van der Waals surface area contributed by atoms with Crippen LogP contribution in [0.5, 0.6) is 5.75 Å². The van der Waals surface area contributed by atoms with Gasteiger partial charge in [-0.05, 0) is 49.2 Å². The van der Waals surface area contributed by atoms with Crippen molar-refractivity contribution in [1.82, 2.24) is 9.80 Å². The molecule has 0 radical (unpaired) electrons.